The van der Waals surface area contributed by atoms with Crippen LogP contribution in [0.25, 0.3) is 11.4 Å². The lowest BCUT2D eigenvalue weighted by Crippen LogP contribution is -2.14. The summed E-state index contributed by atoms with van der Waals surface area (Å²) >= 11 is 0. The number of carbonyl (C=O) groups is 1. The molecular weight excluding hydrogens is 302 g/mol. The van der Waals surface area contributed by atoms with Crippen molar-refractivity contribution in [3.8, 4) is 11.4 Å². The molecule has 122 valence electrons. The molecule has 1 amide bonds. The van der Waals surface area contributed by atoms with Gasteiger partial charge in [0.1, 0.15) is 12.0 Å². The predicted molar refractivity (Wildman–Crippen MR) is 92.7 cm³/mol. The maximum atomic E-state index is 12.4. The standard InChI is InChI=1S/C18H19N5O/c1-12(2)15-8-5-9-16(21-15)18(24)20-14-7-4-6-13(10-14)17-22-19-11-23(17)3/h4-12H,1-3H3,(H,20,24). The van der Waals surface area contributed by atoms with Crippen LogP contribution in [0.3, 0.4) is 0 Å². The number of amides is 1. The van der Waals surface area contributed by atoms with Crippen LogP contribution in [0.15, 0.2) is 48.8 Å². The van der Waals surface area contributed by atoms with Crippen LogP contribution in [-0.2, 0) is 7.05 Å². The second-order valence-corrected chi connectivity index (χ2v) is 5.90. The Hall–Kier alpha value is -3.02. The molecule has 24 heavy (non-hydrogen) atoms. The molecule has 1 N–H and O–H groups in total. The summed E-state index contributed by atoms with van der Waals surface area (Å²) in [5.74, 6) is 0.788. The smallest absolute Gasteiger partial charge is 0.274 e. The van der Waals surface area contributed by atoms with Gasteiger partial charge in [-0.25, -0.2) is 4.98 Å². The van der Waals surface area contributed by atoms with Gasteiger partial charge in [0, 0.05) is 24.0 Å². The minimum absolute atomic E-state index is 0.229. The molecule has 3 rings (SSSR count). The van der Waals surface area contributed by atoms with Crippen LogP contribution < -0.4 is 5.32 Å². The first-order chi connectivity index (χ1) is 11.5. The van der Waals surface area contributed by atoms with Crippen molar-refractivity contribution in [1.82, 2.24) is 19.7 Å². The van der Waals surface area contributed by atoms with Crippen molar-refractivity contribution < 1.29 is 4.79 Å². The second-order valence-electron chi connectivity index (χ2n) is 5.90. The van der Waals surface area contributed by atoms with Crippen LogP contribution >= 0.6 is 0 Å². The molecule has 0 aliphatic carbocycles. The van der Waals surface area contributed by atoms with Gasteiger partial charge in [-0.05, 0) is 30.2 Å². The summed E-state index contributed by atoms with van der Waals surface area (Å²) in [4.78, 5) is 16.9. The maximum Gasteiger partial charge on any atom is 0.274 e. The van der Waals surface area contributed by atoms with Crippen molar-refractivity contribution in [2.45, 2.75) is 19.8 Å². The molecule has 0 fully saturated rings. The van der Waals surface area contributed by atoms with Crippen LogP contribution in [0.5, 0.6) is 0 Å². The number of benzene rings is 1. The fraction of sp³-hybridized carbons (Fsp3) is 0.222. The zero-order valence-electron chi connectivity index (χ0n) is 13.9. The summed E-state index contributed by atoms with van der Waals surface area (Å²) in [7, 11) is 1.88. The van der Waals surface area contributed by atoms with Crippen molar-refractivity contribution in [2.24, 2.45) is 7.05 Å². The minimum atomic E-state index is -0.229. The Labute approximate surface area is 140 Å². The van der Waals surface area contributed by atoms with E-state index in [0.717, 1.165) is 17.1 Å². The summed E-state index contributed by atoms with van der Waals surface area (Å²) in [5, 5.41) is 10.8. The van der Waals surface area contributed by atoms with Crippen molar-refractivity contribution >= 4 is 11.6 Å². The number of hydrogen-bond donors (Lipinski definition) is 1. The van der Waals surface area contributed by atoms with Gasteiger partial charge in [0.25, 0.3) is 5.91 Å². The molecule has 1 aromatic carbocycles. The SMILES string of the molecule is CC(C)c1cccc(C(=O)Nc2cccc(-c3nncn3C)c2)n1. The molecule has 6 nitrogen and oxygen atoms in total. The monoisotopic (exact) mass is 321 g/mol. The van der Waals surface area contributed by atoms with Crippen molar-refractivity contribution in [2.75, 3.05) is 5.32 Å². The van der Waals surface area contributed by atoms with E-state index in [4.69, 9.17) is 0 Å². The average Bonchev–Trinajstić information content (AvgIpc) is 3.01. The normalized spacial score (nSPS) is 10.8. The minimum Gasteiger partial charge on any atom is -0.321 e. The number of carbonyl (C=O) groups excluding carboxylic acids is 1. The van der Waals surface area contributed by atoms with E-state index in [9.17, 15) is 4.79 Å². The molecular formula is C18H19N5O. The number of nitrogens with one attached hydrogen (secondary N) is 1. The summed E-state index contributed by atoms with van der Waals surface area (Å²) < 4.78 is 1.83. The van der Waals surface area contributed by atoms with Gasteiger partial charge in [-0.15, -0.1) is 10.2 Å². The van der Waals surface area contributed by atoms with Crippen molar-refractivity contribution in [3.05, 3.63) is 60.2 Å². The van der Waals surface area contributed by atoms with Gasteiger partial charge < -0.3 is 9.88 Å². The highest BCUT2D eigenvalue weighted by Crippen LogP contribution is 2.20. The van der Waals surface area contributed by atoms with Crippen LogP contribution in [0, 0.1) is 0 Å². The molecule has 3 aromatic rings. The van der Waals surface area contributed by atoms with Gasteiger partial charge >= 0.3 is 0 Å². The number of nitrogens with zero attached hydrogens (tertiary/aromatic N) is 4. The first kappa shape index (κ1) is 15.9. The molecule has 2 heterocycles. The Morgan fingerprint density at radius 2 is 1.96 bits per heavy atom. The van der Waals surface area contributed by atoms with E-state index in [1.807, 2.05) is 61.9 Å². The molecule has 0 unspecified atom stereocenters. The van der Waals surface area contributed by atoms with E-state index in [1.165, 1.54) is 0 Å². The van der Waals surface area contributed by atoms with Crippen molar-refractivity contribution in [3.63, 3.8) is 0 Å². The summed E-state index contributed by atoms with van der Waals surface area (Å²) in [5.41, 5.74) is 2.88. The highest BCUT2D eigenvalue weighted by Gasteiger charge is 2.11. The number of aryl methyl sites for hydroxylation is 1. The second kappa shape index (κ2) is 6.62. The molecule has 0 atom stereocenters. The van der Waals surface area contributed by atoms with Gasteiger partial charge in [0.2, 0.25) is 0 Å². The molecule has 0 aliphatic heterocycles. The predicted octanol–water partition coefficient (Wildman–Crippen LogP) is 3.25. The summed E-state index contributed by atoms with van der Waals surface area (Å²) in [6.45, 7) is 4.10. The number of pyridine rings is 1. The fourth-order valence-electron chi connectivity index (χ4n) is 2.38. The van der Waals surface area contributed by atoms with E-state index in [0.29, 0.717) is 11.4 Å². The molecule has 0 bridgehead atoms. The Morgan fingerprint density at radius 1 is 1.17 bits per heavy atom. The van der Waals surface area contributed by atoms with Crippen LogP contribution in [0.4, 0.5) is 5.69 Å². The topological polar surface area (TPSA) is 72.7 Å². The zero-order chi connectivity index (χ0) is 17.1. The number of anilines is 1. The summed E-state index contributed by atoms with van der Waals surface area (Å²) in [6, 6.07) is 13.0. The van der Waals surface area contributed by atoms with E-state index < -0.39 is 0 Å². The molecule has 2 aromatic heterocycles. The van der Waals surface area contributed by atoms with Gasteiger partial charge in [0.15, 0.2) is 5.82 Å². The Balaban J connectivity index is 1.82. The Bertz CT molecular complexity index is 869. The highest BCUT2D eigenvalue weighted by atomic mass is 16.1. The first-order valence-corrected chi connectivity index (χ1v) is 7.77. The van der Waals surface area contributed by atoms with Crippen LogP contribution in [-0.4, -0.2) is 25.7 Å². The van der Waals surface area contributed by atoms with Gasteiger partial charge in [-0.1, -0.05) is 32.0 Å². The lowest BCUT2D eigenvalue weighted by molar-refractivity contribution is 0.102. The van der Waals surface area contributed by atoms with E-state index in [2.05, 4.69) is 20.5 Å². The third-order valence-electron chi connectivity index (χ3n) is 3.68. The average molecular weight is 321 g/mol. The van der Waals surface area contributed by atoms with Gasteiger partial charge in [0.05, 0.1) is 0 Å². The fourth-order valence-corrected chi connectivity index (χ4v) is 2.38. The molecule has 0 radical (unpaired) electrons. The van der Waals surface area contributed by atoms with Crippen LogP contribution in [0.2, 0.25) is 0 Å². The number of aromatic nitrogens is 4. The molecule has 0 aliphatic rings. The molecule has 0 saturated heterocycles. The molecule has 0 spiro atoms. The van der Waals surface area contributed by atoms with E-state index in [1.54, 1.807) is 12.4 Å². The summed E-state index contributed by atoms with van der Waals surface area (Å²) in [6.07, 6.45) is 1.64. The number of hydrogen-bond acceptors (Lipinski definition) is 4. The third-order valence-corrected chi connectivity index (χ3v) is 3.68. The Kier molecular flexibility index (Phi) is 4.37. The quantitative estimate of drug-likeness (QED) is 0.800. The molecule has 0 saturated carbocycles. The zero-order valence-corrected chi connectivity index (χ0v) is 13.9. The molecule has 6 heteroatoms. The lowest BCUT2D eigenvalue weighted by atomic mass is 10.1. The maximum absolute atomic E-state index is 12.4. The first-order valence-electron chi connectivity index (χ1n) is 7.77. The van der Waals surface area contributed by atoms with E-state index >= 15 is 0 Å². The third kappa shape index (κ3) is 3.32. The van der Waals surface area contributed by atoms with Gasteiger partial charge in [-0.2, -0.15) is 0 Å². The lowest BCUT2D eigenvalue weighted by Gasteiger charge is -2.09. The van der Waals surface area contributed by atoms with Gasteiger partial charge in [-0.3, -0.25) is 4.79 Å². The van der Waals surface area contributed by atoms with E-state index in [-0.39, 0.29) is 11.8 Å². The highest BCUT2D eigenvalue weighted by molar-refractivity contribution is 6.03. The largest absolute Gasteiger partial charge is 0.321 e. The Morgan fingerprint density at radius 3 is 2.67 bits per heavy atom. The van der Waals surface area contributed by atoms with Crippen molar-refractivity contribution in [1.29, 1.82) is 0 Å². The number of rotatable bonds is 4. The van der Waals surface area contributed by atoms with Crippen LogP contribution in [0.1, 0.15) is 35.9 Å².